The van der Waals surface area contributed by atoms with Crippen LogP contribution < -0.4 is 9.64 Å². The number of Topliss-reactive ketones (excluding diaryl/α,β-unsaturated/α-hetero) is 1. The van der Waals surface area contributed by atoms with Gasteiger partial charge in [0, 0.05) is 5.56 Å². The van der Waals surface area contributed by atoms with Crippen molar-refractivity contribution in [2.75, 3.05) is 33.8 Å². The molecule has 3 rings (SSSR count). The van der Waals surface area contributed by atoms with E-state index in [1.807, 2.05) is 58.3 Å². The number of rotatable bonds is 7. The van der Waals surface area contributed by atoms with Crippen LogP contribution in [0.15, 0.2) is 54.1 Å². The summed E-state index contributed by atoms with van der Waals surface area (Å²) in [5.74, 6) is -0.660. The van der Waals surface area contributed by atoms with Crippen LogP contribution in [0.1, 0.15) is 29.7 Å². The third-order valence-electron chi connectivity index (χ3n) is 5.26. The third kappa shape index (κ3) is 4.24. The highest BCUT2D eigenvalue weighted by Crippen LogP contribution is 2.39. The predicted octanol–water partition coefficient (Wildman–Crippen LogP) is 1.96. The third-order valence-corrected chi connectivity index (χ3v) is 5.26. The van der Waals surface area contributed by atoms with Gasteiger partial charge in [-0.2, -0.15) is 0 Å². The largest absolute Gasteiger partial charge is 0.507 e. The molecule has 30 heavy (non-hydrogen) atoms. The Balaban J connectivity index is 2.10. The highest BCUT2D eigenvalue weighted by molar-refractivity contribution is 6.46. The van der Waals surface area contributed by atoms with Gasteiger partial charge in [-0.15, -0.1) is 0 Å². The summed E-state index contributed by atoms with van der Waals surface area (Å²) >= 11 is 0. The summed E-state index contributed by atoms with van der Waals surface area (Å²) in [6, 6.07) is 14.0. The number of nitrogens with one attached hydrogen (secondary N) is 1. The minimum atomic E-state index is -0.651. The van der Waals surface area contributed by atoms with Crippen molar-refractivity contribution in [3.63, 3.8) is 0 Å². The standard InChI is InChI=1S/C24H28N2O4/c1-5-30-19-12-11-18(15-16(19)2)22(27)20-21(17-9-7-6-8-10-17)26(14-13-25(3)4)24(29)23(20)28/h6-12,15,21,27H,5,13-14H2,1-4H3/p+1/t21-/m0/s1. The van der Waals surface area contributed by atoms with Crippen molar-refractivity contribution in [1.29, 1.82) is 0 Å². The number of carbonyl (C=O) groups excluding carboxylic acids is 2. The van der Waals surface area contributed by atoms with E-state index in [0.29, 0.717) is 25.3 Å². The van der Waals surface area contributed by atoms with Gasteiger partial charge in [-0.25, -0.2) is 0 Å². The maximum atomic E-state index is 13.0. The monoisotopic (exact) mass is 409 g/mol. The molecule has 0 spiro atoms. The van der Waals surface area contributed by atoms with Gasteiger partial charge >= 0.3 is 0 Å². The Labute approximate surface area is 177 Å². The molecule has 1 heterocycles. The van der Waals surface area contributed by atoms with Crippen molar-refractivity contribution < 1.29 is 24.3 Å². The van der Waals surface area contributed by atoms with Gasteiger partial charge in [0.2, 0.25) is 0 Å². The first-order valence-electron chi connectivity index (χ1n) is 10.2. The molecule has 1 saturated heterocycles. The summed E-state index contributed by atoms with van der Waals surface area (Å²) in [4.78, 5) is 28.6. The molecule has 158 valence electrons. The lowest BCUT2D eigenvalue weighted by atomic mass is 9.95. The van der Waals surface area contributed by atoms with Crippen LogP contribution in [0.3, 0.4) is 0 Å². The molecule has 6 nitrogen and oxygen atoms in total. The predicted molar refractivity (Wildman–Crippen MR) is 115 cm³/mol. The Bertz CT molecular complexity index is 966. The smallest absolute Gasteiger partial charge is 0.295 e. The highest BCUT2D eigenvalue weighted by Gasteiger charge is 2.46. The van der Waals surface area contributed by atoms with Gasteiger partial charge in [0.15, 0.2) is 0 Å². The Morgan fingerprint density at radius 1 is 1.13 bits per heavy atom. The number of aliphatic hydroxyl groups is 1. The Morgan fingerprint density at radius 3 is 2.43 bits per heavy atom. The normalized spacial score (nSPS) is 18.3. The number of likely N-dealkylation sites (tertiary alicyclic amines) is 1. The SMILES string of the molecule is CCOc1ccc(C(O)=C2C(=O)C(=O)N(CC[NH+](C)C)[C@H]2c2ccccc2)cc1C. The van der Waals surface area contributed by atoms with Crippen LogP contribution in [0.5, 0.6) is 5.75 Å². The molecule has 2 aromatic rings. The molecule has 2 aromatic carbocycles. The summed E-state index contributed by atoms with van der Waals surface area (Å²) in [6.45, 7) is 5.45. The molecule has 0 aromatic heterocycles. The van der Waals surface area contributed by atoms with Crippen molar-refractivity contribution in [2.45, 2.75) is 19.9 Å². The Hall–Kier alpha value is -3.12. The lowest BCUT2D eigenvalue weighted by molar-refractivity contribution is -0.857. The molecule has 0 unspecified atom stereocenters. The number of carbonyl (C=O) groups is 2. The van der Waals surface area contributed by atoms with E-state index in [0.717, 1.165) is 16.9 Å². The zero-order chi connectivity index (χ0) is 21.8. The number of ketones is 1. The molecule has 0 saturated carbocycles. The number of likely N-dealkylation sites (N-methyl/N-ethyl adjacent to an activating group) is 1. The zero-order valence-electron chi connectivity index (χ0n) is 17.9. The van der Waals surface area contributed by atoms with Crippen LogP contribution in [-0.4, -0.2) is 55.5 Å². The fourth-order valence-electron chi connectivity index (χ4n) is 3.71. The van der Waals surface area contributed by atoms with Crippen LogP contribution in [0.25, 0.3) is 5.76 Å². The zero-order valence-corrected chi connectivity index (χ0v) is 17.9. The van der Waals surface area contributed by atoms with Gasteiger partial charge in [0.05, 0.1) is 45.4 Å². The van der Waals surface area contributed by atoms with Crippen molar-refractivity contribution in [2.24, 2.45) is 0 Å². The number of nitrogens with zero attached hydrogens (tertiary/aromatic N) is 1. The van der Waals surface area contributed by atoms with E-state index in [1.54, 1.807) is 23.1 Å². The fourth-order valence-corrected chi connectivity index (χ4v) is 3.71. The van der Waals surface area contributed by atoms with E-state index < -0.39 is 17.7 Å². The Kier molecular flexibility index (Phi) is 6.57. The number of ether oxygens (including phenoxy) is 1. The highest BCUT2D eigenvalue weighted by atomic mass is 16.5. The maximum absolute atomic E-state index is 13.0. The number of hydrogen-bond acceptors (Lipinski definition) is 4. The van der Waals surface area contributed by atoms with Crippen LogP contribution in [0.4, 0.5) is 0 Å². The molecule has 1 aliphatic heterocycles. The summed E-state index contributed by atoms with van der Waals surface area (Å²) < 4.78 is 5.57. The summed E-state index contributed by atoms with van der Waals surface area (Å²) in [5.41, 5.74) is 2.27. The first kappa shape index (κ1) is 21.6. The molecular weight excluding hydrogens is 380 g/mol. The van der Waals surface area contributed by atoms with E-state index in [-0.39, 0.29) is 11.3 Å². The molecular formula is C24H29N2O4+. The van der Waals surface area contributed by atoms with Crippen molar-refractivity contribution >= 4 is 17.4 Å². The second kappa shape index (κ2) is 9.13. The van der Waals surface area contributed by atoms with Gasteiger partial charge in [0.1, 0.15) is 11.5 Å². The number of aliphatic hydroxyl groups excluding tert-OH is 1. The molecule has 0 aliphatic carbocycles. The van der Waals surface area contributed by atoms with E-state index in [9.17, 15) is 14.7 Å². The van der Waals surface area contributed by atoms with Crippen molar-refractivity contribution in [3.8, 4) is 5.75 Å². The first-order valence-corrected chi connectivity index (χ1v) is 10.2. The van der Waals surface area contributed by atoms with Crippen molar-refractivity contribution in [1.82, 2.24) is 4.90 Å². The second-order valence-corrected chi connectivity index (χ2v) is 7.77. The number of quaternary nitrogens is 1. The summed E-state index contributed by atoms with van der Waals surface area (Å²) in [5, 5.41) is 11.1. The number of hydrogen-bond donors (Lipinski definition) is 2. The molecule has 2 N–H and O–H groups in total. The molecule has 0 bridgehead atoms. The van der Waals surface area contributed by atoms with Crippen LogP contribution in [-0.2, 0) is 9.59 Å². The molecule has 1 fully saturated rings. The van der Waals surface area contributed by atoms with Gasteiger partial charge in [-0.3, -0.25) is 9.59 Å². The van der Waals surface area contributed by atoms with Crippen LogP contribution in [0.2, 0.25) is 0 Å². The minimum Gasteiger partial charge on any atom is -0.507 e. The maximum Gasteiger partial charge on any atom is 0.295 e. The van der Waals surface area contributed by atoms with Gasteiger partial charge in [0.25, 0.3) is 11.7 Å². The molecule has 0 radical (unpaired) electrons. The quantitative estimate of drug-likeness (QED) is 0.417. The first-order chi connectivity index (χ1) is 14.3. The number of amides is 1. The topological polar surface area (TPSA) is 71.3 Å². The minimum absolute atomic E-state index is 0.128. The number of benzene rings is 2. The van der Waals surface area contributed by atoms with Gasteiger partial charge in [-0.05, 0) is 43.2 Å². The van der Waals surface area contributed by atoms with Crippen molar-refractivity contribution in [3.05, 3.63) is 70.8 Å². The molecule has 1 atom stereocenters. The van der Waals surface area contributed by atoms with E-state index >= 15 is 0 Å². The lowest BCUT2D eigenvalue weighted by Crippen LogP contribution is -3.06. The summed E-state index contributed by atoms with van der Waals surface area (Å²) in [7, 11) is 3.99. The molecule has 1 aliphatic rings. The molecule has 6 heteroatoms. The van der Waals surface area contributed by atoms with E-state index in [2.05, 4.69) is 0 Å². The lowest BCUT2D eigenvalue weighted by Gasteiger charge is -2.25. The van der Waals surface area contributed by atoms with Crippen LogP contribution in [0, 0.1) is 6.92 Å². The average Bonchev–Trinajstić information content (AvgIpc) is 2.98. The average molecular weight is 410 g/mol. The molecule has 1 amide bonds. The van der Waals surface area contributed by atoms with E-state index in [4.69, 9.17) is 4.74 Å². The van der Waals surface area contributed by atoms with Gasteiger partial charge in [-0.1, -0.05) is 30.3 Å². The van der Waals surface area contributed by atoms with Gasteiger partial charge < -0.3 is 19.6 Å². The summed E-state index contributed by atoms with van der Waals surface area (Å²) in [6.07, 6.45) is 0. The Morgan fingerprint density at radius 2 is 1.83 bits per heavy atom. The number of aryl methyl sites for hydroxylation is 1. The second-order valence-electron chi connectivity index (χ2n) is 7.77. The van der Waals surface area contributed by atoms with E-state index in [1.165, 1.54) is 4.90 Å². The van der Waals surface area contributed by atoms with Crippen LogP contribution >= 0.6 is 0 Å². The fraction of sp³-hybridized carbons (Fsp3) is 0.333.